The van der Waals surface area contributed by atoms with E-state index in [2.05, 4.69) is 5.32 Å². The molecule has 0 radical (unpaired) electrons. The Morgan fingerprint density at radius 3 is 2.34 bits per heavy atom. The Morgan fingerprint density at radius 1 is 1.12 bits per heavy atom. The number of anilines is 1. The van der Waals surface area contributed by atoms with Crippen LogP contribution < -0.4 is 9.62 Å². The molecule has 3 rings (SSSR count). The fourth-order valence-electron chi connectivity index (χ4n) is 3.62. The standard InChI is InChI=1S/C22H25F2N3O4S/c1-15(27(32(2,30)31)18-9-10-19(23)20(24)12-18)22(29)25-13-16-5-7-17(8-6-16)14-26-11-3-4-21(26)28/h5-10,12,15H,3-4,11,13-14H2,1-2H3,(H,25,29)/t15-/m0/s1. The second-order valence-corrected chi connectivity index (χ2v) is 9.65. The van der Waals surface area contributed by atoms with Crippen LogP contribution in [-0.2, 0) is 32.7 Å². The summed E-state index contributed by atoms with van der Waals surface area (Å²) in [6.45, 7) is 2.82. The van der Waals surface area contributed by atoms with Gasteiger partial charge in [-0.15, -0.1) is 0 Å². The Bertz CT molecular complexity index is 1110. The third kappa shape index (κ3) is 5.61. The van der Waals surface area contributed by atoms with Crippen LogP contribution in [0.1, 0.15) is 30.9 Å². The number of nitrogens with zero attached hydrogens (tertiary/aromatic N) is 2. The van der Waals surface area contributed by atoms with E-state index < -0.39 is 33.6 Å². The molecule has 1 aliphatic rings. The fourth-order valence-corrected chi connectivity index (χ4v) is 4.79. The van der Waals surface area contributed by atoms with Crippen molar-refractivity contribution in [3.63, 3.8) is 0 Å². The maximum absolute atomic E-state index is 13.6. The second-order valence-electron chi connectivity index (χ2n) is 7.79. The van der Waals surface area contributed by atoms with Crippen molar-refractivity contribution in [2.45, 2.75) is 38.9 Å². The average molecular weight is 466 g/mol. The van der Waals surface area contributed by atoms with Crippen LogP contribution in [0.15, 0.2) is 42.5 Å². The van der Waals surface area contributed by atoms with E-state index in [0.29, 0.717) is 13.0 Å². The summed E-state index contributed by atoms with van der Waals surface area (Å²) in [6, 6.07) is 8.87. The lowest BCUT2D eigenvalue weighted by Gasteiger charge is -2.28. The van der Waals surface area contributed by atoms with Gasteiger partial charge in [-0.25, -0.2) is 17.2 Å². The predicted octanol–water partition coefficient (Wildman–Crippen LogP) is 2.56. The van der Waals surface area contributed by atoms with Gasteiger partial charge in [0.15, 0.2) is 11.6 Å². The molecule has 1 heterocycles. The van der Waals surface area contributed by atoms with E-state index in [0.717, 1.165) is 52.9 Å². The molecule has 0 unspecified atom stereocenters. The number of carbonyl (C=O) groups is 2. The molecule has 2 aromatic rings. The van der Waals surface area contributed by atoms with Crippen molar-refractivity contribution in [2.24, 2.45) is 0 Å². The average Bonchev–Trinajstić information content (AvgIpc) is 3.13. The number of carbonyl (C=O) groups excluding carboxylic acids is 2. The number of nitrogens with one attached hydrogen (secondary N) is 1. The third-order valence-electron chi connectivity index (χ3n) is 5.28. The topological polar surface area (TPSA) is 86.8 Å². The van der Waals surface area contributed by atoms with Gasteiger partial charge in [-0.3, -0.25) is 13.9 Å². The number of hydrogen-bond donors (Lipinski definition) is 1. The number of halogens is 2. The van der Waals surface area contributed by atoms with Crippen molar-refractivity contribution in [1.82, 2.24) is 10.2 Å². The summed E-state index contributed by atoms with van der Waals surface area (Å²) >= 11 is 0. The van der Waals surface area contributed by atoms with Gasteiger partial charge in [0, 0.05) is 32.1 Å². The largest absolute Gasteiger partial charge is 0.350 e. The molecule has 1 saturated heterocycles. The SMILES string of the molecule is C[C@@H](C(=O)NCc1ccc(CN2CCCC2=O)cc1)N(c1ccc(F)c(F)c1)S(C)(=O)=O. The molecule has 1 fully saturated rings. The van der Waals surface area contributed by atoms with Crippen LogP contribution in [0.5, 0.6) is 0 Å². The highest BCUT2D eigenvalue weighted by atomic mass is 32.2. The number of amides is 2. The molecule has 0 aliphatic carbocycles. The zero-order chi connectivity index (χ0) is 23.5. The van der Waals surface area contributed by atoms with E-state index in [1.54, 1.807) is 4.90 Å². The summed E-state index contributed by atoms with van der Waals surface area (Å²) in [5, 5.41) is 2.67. The number of likely N-dealkylation sites (tertiary alicyclic amines) is 1. The molecule has 2 aromatic carbocycles. The summed E-state index contributed by atoms with van der Waals surface area (Å²) in [7, 11) is -3.95. The van der Waals surface area contributed by atoms with E-state index in [4.69, 9.17) is 0 Å². The van der Waals surface area contributed by atoms with Gasteiger partial charge in [-0.1, -0.05) is 24.3 Å². The van der Waals surface area contributed by atoms with Crippen molar-refractivity contribution >= 4 is 27.5 Å². The molecular weight excluding hydrogens is 440 g/mol. The summed E-state index contributed by atoms with van der Waals surface area (Å²) in [6.07, 6.45) is 2.34. The molecule has 0 aromatic heterocycles. The van der Waals surface area contributed by atoms with Gasteiger partial charge in [0.25, 0.3) is 0 Å². The monoisotopic (exact) mass is 465 g/mol. The Balaban J connectivity index is 1.64. The van der Waals surface area contributed by atoms with Gasteiger partial charge < -0.3 is 10.2 Å². The lowest BCUT2D eigenvalue weighted by molar-refractivity contribution is -0.128. The molecule has 1 atom stereocenters. The Kier molecular flexibility index (Phi) is 7.12. The number of rotatable bonds is 8. The maximum Gasteiger partial charge on any atom is 0.243 e. The first-order valence-corrected chi connectivity index (χ1v) is 12.0. The van der Waals surface area contributed by atoms with Crippen LogP contribution >= 0.6 is 0 Å². The molecule has 0 saturated carbocycles. The minimum atomic E-state index is -3.95. The first-order valence-electron chi connectivity index (χ1n) is 10.1. The van der Waals surface area contributed by atoms with Crippen LogP contribution in [0.3, 0.4) is 0 Å². The summed E-state index contributed by atoms with van der Waals surface area (Å²) in [4.78, 5) is 26.2. The first kappa shape index (κ1) is 23.6. The van der Waals surface area contributed by atoms with Gasteiger partial charge in [0.1, 0.15) is 6.04 Å². The van der Waals surface area contributed by atoms with Crippen LogP contribution in [0, 0.1) is 11.6 Å². The lowest BCUT2D eigenvalue weighted by atomic mass is 10.1. The quantitative estimate of drug-likeness (QED) is 0.649. The van der Waals surface area contributed by atoms with Gasteiger partial charge in [-0.05, 0) is 36.6 Å². The first-order chi connectivity index (χ1) is 15.1. The van der Waals surface area contributed by atoms with Gasteiger partial charge in [0.05, 0.1) is 11.9 Å². The summed E-state index contributed by atoms with van der Waals surface area (Å²) < 4.78 is 52.1. The molecule has 1 N–H and O–H groups in total. The molecule has 172 valence electrons. The zero-order valence-corrected chi connectivity index (χ0v) is 18.7. The smallest absolute Gasteiger partial charge is 0.243 e. The summed E-state index contributed by atoms with van der Waals surface area (Å²) in [5.41, 5.74) is 1.63. The highest BCUT2D eigenvalue weighted by Crippen LogP contribution is 2.23. The molecule has 0 spiro atoms. The van der Waals surface area contributed by atoms with E-state index in [9.17, 15) is 26.8 Å². The molecule has 10 heteroatoms. The molecule has 32 heavy (non-hydrogen) atoms. The van der Waals surface area contributed by atoms with Crippen molar-refractivity contribution in [1.29, 1.82) is 0 Å². The van der Waals surface area contributed by atoms with Gasteiger partial charge >= 0.3 is 0 Å². The molecule has 7 nitrogen and oxygen atoms in total. The predicted molar refractivity (Wildman–Crippen MR) is 116 cm³/mol. The highest BCUT2D eigenvalue weighted by molar-refractivity contribution is 7.92. The number of sulfonamides is 1. The minimum absolute atomic E-state index is 0.144. The van der Waals surface area contributed by atoms with Gasteiger partial charge in [0.2, 0.25) is 21.8 Å². The minimum Gasteiger partial charge on any atom is -0.350 e. The lowest BCUT2D eigenvalue weighted by Crippen LogP contribution is -2.47. The Hall–Kier alpha value is -3.01. The van der Waals surface area contributed by atoms with Crippen molar-refractivity contribution in [3.05, 3.63) is 65.2 Å². The van der Waals surface area contributed by atoms with E-state index in [1.807, 2.05) is 24.3 Å². The van der Waals surface area contributed by atoms with Crippen LogP contribution in [0.2, 0.25) is 0 Å². The zero-order valence-electron chi connectivity index (χ0n) is 17.8. The maximum atomic E-state index is 13.6. The van der Waals surface area contributed by atoms with E-state index in [1.165, 1.54) is 6.92 Å². The molecule has 2 amide bonds. The number of hydrogen-bond acceptors (Lipinski definition) is 4. The normalized spacial score (nSPS) is 15.0. The van der Waals surface area contributed by atoms with E-state index in [-0.39, 0.29) is 18.1 Å². The fraction of sp³-hybridized carbons (Fsp3) is 0.364. The van der Waals surface area contributed by atoms with Crippen molar-refractivity contribution < 1.29 is 26.8 Å². The van der Waals surface area contributed by atoms with Crippen LogP contribution in [0.4, 0.5) is 14.5 Å². The molecule has 1 aliphatic heterocycles. The number of benzene rings is 2. The second kappa shape index (κ2) is 9.64. The van der Waals surface area contributed by atoms with Crippen molar-refractivity contribution in [3.8, 4) is 0 Å². The van der Waals surface area contributed by atoms with Crippen LogP contribution in [0.25, 0.3) is 0 Å². The molecular formula is C22H25F2N3O4S. The Labute approximate surface area is 186 Å². The highest BCUT2D eigenvalue weighted by Gasteiger charge is 2.29. The third-order valence-corrected chi connectivity index (χ3v) is 6.52. The Morgan fingerprint density at radius 2 is 1.78 bits per heavy atom. The van der Waals surface area contributed by atoms with E-state index >= 15 is 0 Å². The summed E-state index contributed by atoms with van der Waals surface area (Å²) in [5.74, 6) is -2.77. The molecule has 0 bridgehead atoms. The van der Waals surface area contributed by atoms with Crippen molar-refractivity contribution in [2.75, 3.05) is 17.1 Å². The van der Waals surface area contributed by atoms with Gasteiger partial charge in [-0.2, -0.15) is 0 Å². The van der Waals surface area contributed by atoms with Crippen LogP contribution in [-0.4, -0.2) is 44.0 Å².